The first-order valence-electron chi connectivity index (χ1n) is 5.51. The molecular weight excluding hydrogens is 178 g/mol. The maximum absolute atomic E-state index is 11.6. The Morgan fingerprint density at radius 2 is 1.79 bits per heavy atom. The fourth-order valence-corrected chi connectivity index (χ4v) is 2.70. The molecule has 0 aromatic heterocycles. The number of carbonyl (C=O) groups is 1. The molecule has 2 aliphatic rings. The van der Waals surface area contributed by atoms with Gasteiger partial charge >= 0.3 is 0 Å². The van der Waals surface area contributed by atoms with Crippen LogP contribution < -0.4 is 11.1 Å². The largest absolute Gasteiger partial charge is 0.368 e. The van der Waals surface area contributed by atoms with Crippen molar-refractivity contribution in [2.24, 2.45) is 5.73 Å². The summed E-state index contributed by atoms with van der Waals surface area (Å²) in [7, 11) is 0. The highest BCUT2D eigenvalue weighted by Crippen LogP contribution is 2.29. The van der Waals surface area contributed by atoms with Crippen LogP contribution in [0.15, 0.2) is 0 Å². The molecule has 4 heteroatoms. The zero-order valence-electron chi connectivity index (χ0n) is 8.59. The third kappa shape index (κ3) is 1.53. The summed E-state index contributed by atoms with van der Waals surface area (Å²) in [5, 5.41) is 3.28. The molecule has 0 aliphatic carbocycles. The molecule has 4 nitrogen and oxygen atoms in total. The van der Waals surface area contributed by atoms with E-state index >= 15 is 0 Å². The summed E-state index contributed by atoms with van der Waals surface area (Å²) in [6, 6.07) is 0. The highest BCUT2D eigenvalue weighted by molar-refractivity contribution is 5.84. The fraction of sp³-hybridized carbons (Fsp3) is 0.900. The van der Waals surface area contributed by atoms with Gasteiger partial charge in [-0.15, -0.1) is 0 Å². The second kappa shape index (κ2) is 3.87. The molecule has 0 saturated carbocycles. The van der Waals surface area contributed by atoms with E-state index in [0.717, 1.165) is 39.0 Å². The Balaban J connectivity index is 2.15. The molecule has 0 spiro atoms. The predicted octanol–water partition coefficient (Wildman–Crippen LogP) is -0.310. The normalized spacial score (nSPS) is 27.7. The quantitative estimate of drug-likeness (QED) is 0.638. The third-order valence-corrected chi connectivity index (χ3v) is 3.60. The van der Waals surface area contributed by atoms with Gasteiger partial charge in [-0.2, -0.15) is 0 Å². The van der Waals surface area contributed by atoms with Crippen LogP contribution in [0.3, 0.4) is 0 Å². The minimum absolute atomic E-state index is 0.124. The molecule has 2 aliphatic heterocycles. The van der Waals surface area contributed by atoms with E-state index in [-0.39, 0.29) is 11.4 Å². The third-order valence-electron chi connectivity index (χ3n) is 3.60. The van der Waals surface area contributed by atoms with Crippen LogP contribution in [0, 0.1) is 0 Å². The van der Waals surface area contributed by atoms with Crippen molar-refractivity contribution in [3.8, 4) is 0 Å². The first-order valence-corrected chi connectivity index (χ1v) is 5.51. The summed E-state index contributed by atoms with van der Waals surface area (Å²) in [5.41, 5.74) is 5.24. The maximum atomic E-state index is 11.6. The summed E-state index contributed by atoms with van der Waals surface area (Å²) in [5.74, 6) is -0.124. The number of primary amides is 1. The van der Waals surface area contributed by atoms with Gasteiger partial charge in [0.1, 0.15) is 5.54 Å². The van der Waals surface area contributed by atoms with E-state index in [1.54, 1.807) is 0 Å². The van der Waals surface area contributed by atoms with Gasteiger partial charge in [0.05, 0.1) is 0 Å². The van der Waals surface area contributed by atoms with Crippen LogP contribution in [0.2, 0.25) is 0 Å². The van der Waals surface area contributed by atoms with Crippen LogP contribution in [0.4, 0.5) is 0 Å². The second-order valence-electron chi connectivity index (χ2n) is 4.34. The molecule has 3 N–H and O–H groups in total. The summed E-state index contributed by atoms with van der Waals surface area (Å²) in [4.78, 5) is 13.9. The smallest absolute Gasteiger partial charge is 0.238 e. The second-order valence-corrected chi connectivity index (χ2v) is 4.34. The summed E-state index contributed by atoms with van der Waals surface area (Å²) in [6.07, 6.45) is 4.18. The van der Waals surface area contributed by atoms with Gasteiger partial charge in [0.25, 0.3) is 0 Å². The van der Waals surface area contributed by atoms with Crippen molar-refractivity contribution >= 4 is 5.91 Å². The highest BCUT2D eigenvalue weighted by Gasteiger charge is 2.43. The van der Waals surface area contributed by atoms with Gasteiger partial charge in [0.15, 0.2) is 0 Å². The molecule has 14 heavy (non-hydrogen) atoms. The Bertz CT molecular complexity index is 217. The van der Waals surface area contributed by atoms with Crippen molar-refractivity contribution in [3.63, 3.8) is 0 Å². The first kappa shape index (κ1) is 9.93. The number of nitrogens with two attached hydrogens (primary N) is 1. The number of nitrogens with one attached hydrogen (secondary N) is 1. The Morgan fingerprint density at radius 1 is 1.21 bits per heavy atom. The Morgan fingerprint density at radius 3 is 2.29 bits per heavy atom. The van der Waals surface area contributed by atoms with Crippen LogP contribution in [0.5, 0.6) is 0 Å². The number of rotatable bonds is 2. The van der Waals surface area contributed by atoms with Gasteiger partial charge in [-0.25, -0.2) is 0 Å². The van der Waals surface area contributed by atoms with Crippen LogP contribution in [0.25, 0.3) is 0 Å². The summed E-state index contributed by atoms with van der Waals surface area (Å²) in [6.45, 7) is 3.92. The van der Waals surface area contributed by atoms with Gasteiger partial charge in [-0.05, 0) is 51.9 Å². The van der Waals surface area contributed by atoms with Crippen molar-refractivity contribution in [2.45, 2.75) is 31.2 Å². The van der Waals surface area contributed by atoms with E-state index in [1.807, 2.05) is 0 Å². The van der Waals surface area contributed by atoms with E-state index in [4.69, 9.17) is 5.73 Å². The van der Waals surface area contributed by atoms with Gasteiger partial charge < -0.3 is 11.1 Å². The lowest BCUT2D eigenvalue weighted by Gasteiger charge is -2.42. The number of hydrogen-bond acceptors (Lipinski definition) is 3. The maximum Gasteiger partial charge on any atom is 0.238 e. The molecule has 0 aromatic carbocycles. The average Bonchev–Trinajstić information content (AvgIpc) is 2.72. The number of carbonyl (C=O) groups excluding carboxylic acids is 1. The SMILES string of the molecule is NC(=O)C1(N2CCCC2)CCNCC1. The van der Waals surface area contributed by atoms with Gasteiger partial charge in [0.2, 0.25) is 5.91 Å². The molecule has 2 heterocycles. The molecule has 2 saturated heterocycles. The predicted molar refractivity (Wildman–Crippen MR) is 54.8 cm³/mol. The van der Waals surface area contributed by atoms with Gasteiger partial charge in [0, 0.05) is 0 Å². The van der Waals surface area contributed by atoms with E-state index in [9.17, 15) is 4.79 Å². The Kier molecular flexibility index (Phi) is 2.74. The molecule has 0 atom stereocenters. The van der Waals surface area contributed by atoms with Crippen molar-refractivity contribution < 1.29 is 4.79 Å². The number of piperidine rings is 1. The zero-order chi connectivity index (χ0) is 10.0. The molecule has 1 amide bonds. The lowest BCUT2D eigenvalue weighted by molar-refractivity contribution is -0.131. The van der Waals surface area contributed by atoms with Crippen molar-refractivity contribution in [1.82, 2.24) is 10.2 Å². The minimum atomic E-state index is -0.332. The van der Waals surface area contributed by atoms with E-state index in [2.05, 4.69) is 10.2 Å². The lowest BCUT2D eigenvalue weighted by Crippen LogP contribution is -2.61. The highest BCUT2D eigenvalue weighted by atomic mass is 16.1. The molecule has 2 fully saturated rings. The molecule has 0 aromatic rings. The topological polar surface area (TPSA) is 58.4 Å². The Labute approximate surface area is 84.8 Å². The lowest BCUT2D eigenvalue weighted by atomic mass is 9.86. The number of nitrogens with zero attached hydrogens (tertiary/aromatic N) is 1. The first-order chi connectivity index (χ1) is 6.76. The van der Waals surface area contributed by atoms with Crippen LogP contribution >= 0.6 is 0 Å². The van der Waals surface area contributed by atoms with Crippen LogP contribution in [-0.4, -0.2) is 42.5 Å². The van der Waals surface area contributed by atoms with Gasteiger partial charge in [-0.1, -0.05) is 0 Å². The molecule has 0 radical (unpaired) electrons. The monoisotopic (exact) mass is 197 g/mol. The van der Waals surface area contributed by atoms with Crippen molar-refractivity contribution in [3.05, 3.63) is 0 Å². The summed E-state index contributed by atoms with van der Waals surface area (Å²) < 4.78 is 0. The molecular formula is C10H19N3O. The minimum Gasteiger partial charge on any atom is -0.368 e. The van der Waals surface area contributed by atoms with E-state index in [0.29, 0.717) is 0 Å². The average molecular weight is 197 g/mol. The fourth-order valence-electron chi connectivity index (χ4n) is 2.70. The summed E-state index contributed by atoms with van der Waals surface area (Å²) >= 11 is 0. The van der Waals surface area contributed by atoms with E-state index < -0.39 is 0 Å². The molecule has 80 valence electrons. The van der Waals surface area contributed by atoms with Crippen molar-refractivity contribution in [2.75, 3.05) is 26.2 Å². The van der Waals surface area contributed by atoms with Crippen molar-refractivity contribution in [1.29, 1.82) is 0 Å². The van der Waals surface area contributed by atoms with Gasteiger partial charge in [-0.3, -0.25) is 9.69 Å². The molecule has 0 bridgehead atoms. The number of amides is 1. The standard InChI is InChI=1S/C10H19N3O/c11-9(14)10(3-5-12-6-4-10)13-7-1-2-8-13/h12H,1-8H2,(H2,11,14). The van der Waals surface area contributed by atoms with Crippen LogP contribution in [0.1, 0.15) is 25.7 Å². The molecule has 2 rings (SSSR count). The number of likely N-dealkylation sites (tertiary alicyclic amines) is 1. The van der Waals surface area contributed by atoms with E-state index in [1.165, 1.54) is 12.8 Å². The zero-order valence-corrected chi connectivity index (χ0v) is 8.59. The molecule has 0 unspecified atom stereocenters. The van der Waals surface area contributed by atoms with Crippen LogP contribution in [-0.2, 0) is 4.79 Å². The Hall–Kier alpha value is -0.610. The number of hydrogen-bond donors (Lipinski definition) is 2.